The summed E-state index contributed by atoms with van der Waals surface area (Å²) in [6.45, 7) is -0.224. The molecule has 0 aliphatic rings. The lowest BCUT2D eigenvalue weighted by Crippen LogP contribution is -2.13. The predicted octanol–water partition coefficient (Wildman–Crippen LogP) is 4.26. The number of nitro groups is 1. The molecule has 0 saturated carbocycles. The van der Waals surface area contributed by atoms with Gasteiger partial charge in [-0.05, 0) is 36.4 Å². The van der Waals surface area contributed by atoms with E-state index in [1.807, 2.05) is 0 Å². The Labute approximate surface area is 164 Å². The molecule has 2 N–H and O–H groups in total. The van der Waals surface area contributed by atoms with E-state index in [1.54, 1.807) is 30.3 Å². The van der Waals surface area contributed by atoms with Crippen LogP contribution in [-0.2, 0) is 6.61 Å². The fraction of sp³-hybridized carbons (Fsp3) is 0.105. The van der Waals surface area contributed by atoms with Crippen LogP contribution < -0.4 is 10.1 Å². The Morgan fingerprint density at radius 1 is 1.25 bits per heavy atom. The van der Waals surface area contributed by atoms with Crippen molar-refractivity contribution in [1.82, 2.24) is 0 Å². The lowest BCUT2D eigenvalue weighted by atomic mass is 10.1. The lowest BCUT2D eigenvalue weighted by Gasteiger charge is -2.12. The highest BCUT2D eigenvalue weighted by Crippen LogP contribution is 2.32. The number of hydrogen-bond donors (Lipinski definition) is 2. The number of nitrogens with zero attached hydrogens (tertiary/aromatic N) is 1. The Hall–Kier alpha value is -3.36. The van der Waals surface area contributed by atoms with Crippen molar-refractivity contribution in [1.29, 1.82) is 0 Å². The van der Waals surface area contributed by atoms with Crippen LogP contribution in [0.2, 0.25) is 5.02 Å². The number of rotatable bonds is 6. The van der Waals surface area contributed by atoms with Crippen LogP contribution in [0.3, 0.4) is 0 Å². The Morgan fingerprint density at radius 2 is 2.04 bits per heavy atom. The van der Waals surface area contributed by atoms with Gasteiger partial charge in [0.05, 0.1) is 28.3 Å². The molecule has 0 saturated heterocycles. The molecule has 3 aromatic rings. The third-order valence-corrected chi connectivity index (χ3v) is 4.27. The lowest BCUT2D eigenvalue weighted by molar-refractivity contribution is -0.384. The van der Waals surface area contributed by atoms with Crippen molar-refractivity contribution in [3.8, 4) is 17.1 Å². The van der Waals surface area contributed by atoms with E-state index in [0.29, 0.717) is 28.5 Å². The number of non-ortho nitro benzene ring substituents is 1. The van der Waals surface area contributed by atoms with Gasteiger partial charge in [0.25, 0.3) is 11.6 Å². The van der Waals surface area contributed by atoms with Gasteiger partial charge >= 0.3 is 0 Å². The molecule has 8 nitrogen and oxygen atoms in total. The summed E-state index contributed by atoms with van der Waals surface area (Å²) >= 11 is 6.02. The highest BCUT2D eigenvalue weighted by molar-refractivity contribution is 6.34. The Bertz CT molecular complexity index is 1050. The normalized spacial score (nSPS) is 10.5. The van der Waals surface area contributed by atoms with Gasteiger partial charge in [0.1, 0.15) is 23.9 Å². The number of carbonyl (C=O) groups excluding carboxylic acids is 1. The number of nitro benzene ring substituents is 1. The first kappa shape index (κ1) is 19.4. The minimum absolute atomic E-state index is 0.0413. The number of benzene rings is 2. The second-order valence-electron chi connectivity index (χ2n) is 5.71. The summed E-state index contributed by atoms with van der Waals surface area (Å²) in [5, 5.41) is 22.6. The van der Waals surface area contributed by atoms with Gasteiger partial charge in [-0.15, -0.1) is 0 Å². The van der Waals surface area contributed by atoms with Crippen LogP contribution in [0.15, 0.2) is 52.9 Å². The largest absolute Gasteiger partial charge is 0.495 e. The molecule has 3 rings (SSSR count). The summed E-state index contributed by atoms with van der Waals surface area (Å²) in [5.41, 5.74) is 0.894. The van der Waals surface area contributed by atoms with Crippen molar-refractivity contribution in [2.24, 2.45) is 0 Å². The molecule has 0 fully saturated rings. The number of methoxy groups -OCH3 is 1. The number of amides is 1. The van der Waals surface area contributed by atoms with Gasteiger partial charge < -0.3 is 19.6 Å². The van der Waals surface area contributed by atoms with Crippen LogP contribution in [-0.4, -0.2) is 23.0 Å². The summed E-state index contributed by atoms with van der Waals surface area (Å²) in [7, 11) is 1.46. The van der Waals surface area contributed by atoms with Gasteiger partial charge in [0, 0.05) is 17.7 Å². The molecule has 1 amide bonds. The molecule has 0 atom stereocenters. The van der Waals surface area contributed by atoms with Crippen molar-refractivity contribution in [3.63, 3.8) is 0 Å². The van der Waals surface area contributed by atoms with Crippen LogP contribution in [0, 0.1) is 10.1 Å². The van der Waals surface area contributed by atoms with Gasteiger partial charge in [-0.3, -0.25) is 14.9 Å². The Balaban J connectivity index is 1.91. The first-order chi connectivity index (χ1) is 13.4. The number of furan rings is 1. The van der Waals surface area contributed by atoms with E-state index in [2.05, 4.69) is 5.32 Å². The molecule has 0 aliphatic heterocycles. The fourth-order valence-corrected chi connectivity index (χ4v) is 2.83. The zero-order valence-electron chi connectivity index (χ0n) is 14.6. The number of nitrogens with one attached hydrogen (secondary N) is 1. The topological polar surface area (TPSA) is 115 Å². The van der Waals surface area contributed by atoms with Crippen LogP contribution in [0.5, 0.6) is 5.75 Å². The molecule has 28 heavy (non-hydrogen) atoms. The van der Waals surface area contributed by atoms with Gasteiger partial charge in [-0.25, -0.2) is 0 Å². The van der Waals surface area contributed by atoms with Crippen LogP contribution in [0.4, 0.5) is 11.4 Å². The van der Waals surface area contributed by atoms with Gasteiger partial charge in [0.2, 0.25) is 0 Å². The molecular formula is C19H15ClN2O6. The van der Waals surface area contributed by atoms with Crippen LogP contribution >= 0.6 is 11.6 Å². The maximum atomic E-state index is 12.6. The van der Waals surface area contributed by atoms with E-state index < -0.39 is 10.8 Å². The van der Waals surface area contributed by atoms with E-state index in [0.717, 1.165) is 6.07 Å². The molecule has 0 spiro atoms. The van der Waals surface area contributed by atoms with E-state index in [1.165, 1.54) is 19.2 Å². The number of anilines is 1. The quantitative estimate of drug-likeness (QED) is 0.470. The van der Waals surface area contributed by atoms with Crippen molar-refractivity contribution in [3.05, 3.63) is 75.0 Å². The molecule has 0 radical (unpaired) electrons. The van der Waals surface area contributed by atoms with E-state index >= 15 is 0 Å². The molecule has 1 aromatic heterocycles. The number of halogens is 1. The minimum Gasteiger partial charge on any atom is -0.495 e. The summed E-state index contributed by atoms with van der Waals surface area (Å²) in [4.78, 5) is 22.8. The first-order valence-corrected chi connectivity index (χ1v) is 8.44. The number of hydrogen-bond acceptors (Lipinski definition) is 6. The number of aliphatic hydroxyl groups excluding tert-OH is 1. The summed E-state index contributed by atoms with van der Waals surface area (Å²) in [6, 6.07) is 12.0. The van der Waals surface area contributed by atoms with Gasteiger partial charge in [-0.2, -0.15) is 0 Å². The standard InChI is InChI=1S/C19H15ClN2O6/c1-27-18-6-2-11(17-7-4-13(10-23)28-17)8-16(18)21-19(24)14-5-3-12(22(25)26)9-15(14)20/h2-9,23H,10H2,1H3,(H,21,24). The first-order valence-electron chi connectivity index (χ1n) is 8.06. The number of ether oxygens (including phenoxy) is 1. The summed E-state index contributed by atoms with van der Waals surface area (Å²) < 4.78 is 10.8. The van der Waals surface area contributed by atoms with Gasteiger partial charge in [-0.1, -0.05) is 11.6 Å². The molecule has 9 heteroatoms. The highest BCUT2D eigenvalue weighted by atomic mass is 35.5. The summed E-state index contributed by atoms with van der Waals surface area (Å²) in [5.74, 6) is 0.777. The maximum absolute atomic E-state index is 12.6. The predicted molar refractivity (Wildman–Crippen MR) is 103 cm³/mol. The minimum atomic E-state index is -0.593. The molecule has 0 aliphatic carbocycles. The Kier molecular flexibility index (Phi) is 5.62. The molecule has 2 aromatic carbocycles. The van der Waals surface area contributed by atoms with Crippen LogP contribution in [0.1, 0.15) is 16.1 Å². The highest BCUT2D eigenvalue weighted by Gasteiger charge is 2.17. The number of aliphatic hydroxyl groups is 1. The zero-order valence-corrected chi connectivity index (χ0v) is 15.4. The monoisotopic (exact) mass is 402 g/mol. The number of carbonyl (C=O) groups is 1. The molecule has 144 valence electrons. The SMILES string of the molecule is COc1ccc(-c2ccc(CO)o2)cc1NC(=O)c1ccc([N+](=O)[O-])cc1Cl. The third kappa shape index (κ3) is 3.98. The second-order valence-corrected chi connectivity index (χ2v) is 6.12. The molecular weight excluding hydrogens is 388 g/mol. The molecule has 0 bridgehead atoms. The average Bonchev–Trinajstić information content (AvgIpc) is 3.17. The third-order valence-electron chi connectivity index (χ3n) is 3.96. The van der Waals surface area contributed by atoms with Crippen molar-refractivity contribution in [2.45, 2.75) is 6.61 Å². The summed E-state index contributed by atoms with van der Waals surface area (Å²) in [6.07, 6.45) is 0. The van der Waals surface area contributed by atoms with E-state index in [-0.39, 0.29) is 22.9 Å². The van der Waals surface area contributed by atoms with Crippen molar-refractivity contribution >= 4 is 28.9 Å². The van der Waals surface area contributed by atoms with E-state index in [9.17, 15) is 14.9 Å². The molecule has 0 unspecified atom stereocenters. The van der Waals surface area contributed by atoms with E-state index in [4.69, 9.17) is 25.9 Å². The molecule has 1 heterocycles. The smallest absolute Gasteiger partial charge is 0.270 e. The van der Waals surface area contributed by atoms with Gasteiger partial charge in [0.15, 0.2) is 0 Å². The van der Waals surface area contributed by atoms with Crippen LogP contribution in [0.25, 0.3) is 11.3 Å². The Morgan fingerprint density at radius 3 is 2.64 bits per heavy atom. The zero-order chi connectivity index (χ0) is 20.3. The second kappa shape index (κ2) is 8.12. The van der Waals surface area contributed by atoms with Crippen molar-refractivity contribution in [2.75, 3.05) is 12.4 Å². The fourth-order valence-electron chi connectivity index (χ4n) is 2.57. The maximum Gasteiger partial charge on any atom is 0.270 e. The van der Waals surface area contributed by atoms with Crippen molar-refractivity contribution < 1.29 is 24.0 Å². The average molecular weight is 403 g/mol.